The third-order valence-corrected chi connectivity index (χ3v) is 2.39. The second-order valence-corrected chi connectivity index (χ2v) is 3.60. The number of hydrogen-bond donors (Lipinski definition) is 1. The summed E-state index contributed by atoms with van der Waals surface area (Å²) in [4.78, 5) is 12.4. The maximum Gasteiger partial charge on any atom is 0.323 e. The number of carbonyl (C=O) groups is 1. The molecule has 0 saturated carbocycles. The van der Waals surface area contributed by atoms with Crippen LogP contribution in [0.4, 0.5) is 25.0 Å². The lowest BCUT2D eigenvalue weighted by Gasteiger charge is -2.21. The average Bonchev–Trinajstić information content (AvgIpc) is 2.33. The van der Waals surface area contributed by atoms with Gasteiger partial charge in [-0.3, -0.25) is 4.90 Å². The van der Waals surface area contributed by atoms with Crippen LogP contribution in [0, 0.1) is 11.6 Å². The van der Waals surface area contributed by atoms with E-state index >= 15 is 0 Å². The van der Waals surface area contributed by atoms with Crippen LogP contribution >= 0.6 is 12.4 Å². The third kappa shape index (κ3) is 3.20. The van der Waals surface area contributed by atoms with Crippen molar-refractivity contribution in [3.05, 3.63) is 60.2 Å². The van der Waals surface area contributed by atoms with Crippen molar-refractivity contribution >= 4 is 29.8 Å². The number of urea groups is 1. The largest absolute Gasteiger partial charge is 0.351 e. The number of anilines is 2. The zero-order valence-electron chi connectivity index (χ0n) is 9.72. The highest BCUT2D eigenvalue weighted by molar-refractivity contribution is 5.98. The summed E-state index contributed by atoms with van der Waals surface area (Å²) < 4.78 is 26.5. The first-order valence-electron chi connectivity index (χ1n) is 5.19. The molecule has 2 rings (SSSR count). The van der Waals surface area contributed by atoms with Gasteiger partial charge in [0.05, 0.1) is 11.4 Å². The van der Waals surface area contributed by atoms with Gasteiger partial charge in [-0.25, -0.2) is 13.6 Å². The fraction of sp³-hybridized carbons (Fsp3) is 0. The Bertz CT molecular complexity index is 578. The van der Waals surface area contributed by atoms with Crippen LogP contribution in [0.5, 0.6) is 0 Å². The van der Waals surface area contributed by atoms with E-state index in [0.717, 1.165) is 11.0 Å². The van der Waals surface area contributed by atoms with E-state index in [9.17, 15) is 13.6 Å². The van der Waals surface area contributed by atoms with Crippen LogP contribution in [-0.2, 0) is 0 Å². The first-order chi connectivity index (χ1) is 8.59. The molecule has 0 unspecified atom stereocenters. The maximum absolute atomic E-state index is 13.7. The van der Waals surface area contributed by atoms with Gasteiger partial charge in [0.2, 0.25) is 0 Å². The second kappa shape index (κ2) is 6.15. The van der Waals surface area contributed by atoms with Gasteiger partial charge in [0.25, 0.3) is 0 Å². The fourth-order valence-electron chi connectivity index (χ4n) is 1.62. The van der Waals surface area contributed by atoms with Crippen molar-refractivity contribution in [1.29, 1.82) is 0 Å². The van der Waals surface area contributed by atoms with Gasteiger partial charge in [-0.1, -0.05) is 18.2 Å². The van der Waals surface area contributed by atoms with Gasteiger partial charge in [-0.2, -0.15) is 0 Å². The summed E-state index contributed by atoms with van der Waals surface area (Å²) in [5, 5.41) is 0. The number of nitrogens with zero attached hydrogens (tertiary/aromatic N) is 1. The molecule has 0 aromatic heterocycles. The van der Waals surface area contributed by atoms with Crippen LogP contribution in [0.15, 0.2) is 48.5 Å². The number of rotatable bonds is 2. The Morgan fingerprint density at radius 1 is 1.05 bits per heavy atom. The SMILES string of the molecule is Cl.NC(=O)N(c1ccccc1)c1ccc(F)cc1F. The molecule has 0 spiro atoms. The van der Waals surface area contributed by atoms with E-state index in [0.29, 0.717) is 11.8 Å². The molecule has 6 heteroatoms. The molecule has 0 heterocycles. The predicted molar refractivity (Wildman–Crippen MR) is 71.8 cm³/mol. The number of benzene rings is 2. The fourth-order valence-corrected chi connectivity index (χ4v) is 1.62. The molecule has 0 aliphatic heterocycles. The molecule has 0 aliphatic rings. The first kappa shape index (κ1) is 14.9. The Morgan fingerprint density at radius 2 is 1.68 bits per heavy atom. The number of para-hydroxylation sites is 1. The van der Waals surface area contributed by atoms with E-state index < -0.39 is 17.7 Å². The summed E-state index contributed by atoms with van der Waals surface area (Å²) in [7, 11) is 0. The van der Waals surface area contributed by atoms with Gasteiger partial charge in [0.15, 0.2) is 0 Å². The second-order valence-electron chi connectivity index (χ2n) is 3.60. The van der Waals surface area contributed by atoms with Crippen molar-refractivity contribution in [1.82, 2.24) is 0 Å². The minimum absolute atomic E-state index is 0. The van der Waals surface area contributed by atoms with Crippen LogP contribution in [-0.4, -0.2) is 6.03 Å². The van der Waals surface area contributed by atoms with Gasteiger partial charge < -0.3 is 5.73 Å². The molecule has 3 nitrogen and oxygen atoms in total. The van der Waals surface area contributed by atoms with Crippen LogP contribution in [0.1, 0.15) is 0 Å². The molecule has 100 valence electrons. The molecule has 2 aromatic rings. The molecule has 0 aliphatic carbocycles. The molecule has 0 saturated heterocycles. The van der Waals surface area contributed by atoms with Crippen molar-refractivity contribution in [3.63, 3.8) is 0 Å². The molecular formula is C13H11ClF2N2O. The molecule has 0 bridgehead atoms. The van der Waals surface area contributed by atoms with Gasteiger partial charge in [0, 0.05) is 6.07 Å². The number of nitrogens with two attached hydrogens (primary N) is 1. The molecule has 2 N–H and O–H groups in total. The van der Waals surface area contributed by atoms with Gasteiger partial charge in [0.1, 0.15) is 11.6 Å². The number of carbonyl (C=O) groups excluding carboxylic acids is 1. The normalized spacial score (nSPS) is 9.58. The molecule has 0 radical (unpaired) electrons. The summed E-state index contributed by atoms with van der Waals surface area (Å²) >= 11 is 0. The lowest BCUT2D eigenvalue weighted by Crippen LogP contribution is -2.32. The average molecular weight is 285 g/mol. The third-order valence-electron chi connectivity index (χ3n) is 2.39. The smallest absolute Gasteiger partial charge is 0.323 e. The van der Waals surface area contributed by atoms with Crippen molar-refractivity contribution in [2.75, 3.05) is 4.90 Å². The van der Waals surface area contributed by atoms with E-state index in [1.807, 2.05) is 0 Å². The zero-order valence-corrected chi connectivity index (χ0v) is 10.5. The Hall–Kier alpha value is -2.14. The van der Waals surface area contributed by atoms with Crippen LogP contribution in [0.2, 0.25) is 0 Å². The van der Waals surface area contributed by atoms with Crippen molar-refractivity contribution < 1.29 is 13.6 Å². The highest BCUT2D eigenvalue weighted by Crippen LogP contribution is 2.27. The quantitative estimate of drug-likeness (QED) is 0.900. The van der Waals surface area contributed by atoms with Crippen LogP contribution in [0.3, 0.4) is 0 Å². The number of amides is 2. The van der Waals surface area contributed by atoms with Crippen LogP contribution in [0.25, 0.3) is 0 Å². The number of primary amides is 1. The molecule has 0 atom stereocenters. The summed E-state index contributed by atoms with van der Waals surface area (Å²) in [5.41, 5.74) is 5.56. The summed E-state index contributed by atoms with van der Waals surface area (Å²) in [5.74, 6) is -1.56. The standard InChI is InChI=1S/C13H10F2N2O.ClH/c14-9-6-7-12(11(15)8-9)17(13(16)18)10-4-2-1-3-5-10;/h1-8H,(H2,16,18);1H. The molecule has 2 aromatic carbocycles. The van der Waals surface area contributed by atoms with E-state index in [4.69, 9.17) is 5.73 Å². The van der Waals surface area contributed by atoms with Crippen molar-refractivity contribution in [2.24, 2.45) is 5.73 Å². The highest BCUT2D eigenvalue weighted by Gasteiger charge is 2.18. The highest BCUT2D eigenvalue weighted by atomic mass is 35.5. The molecule has 19 heavy (non-hydrogen) atoms. The Morgan fingerprint density at radius 3 is 2.21 bits per heavy atom. The monoisotopic (exact) mass is 284 g/mol. The number of hydrogen-bond acceptors (Lipinski definition) is 1. The minimum Gasteiger partial charge on any atom is -0.351 e. The molecular weight excluding hydrogens is 274 g/mol. The maximum atomic E-state index is 13.7. The topological polar surface area (TPSA) is 46.3 Å². The van der Waals surface area contributed by atoms with Gasteiger partial charge in [-0.15, -0.1) is 12.4 Å². The van der Waals surface area contributed by atoms with E-state index in [1.54, 1.807) is 30.3 Å². The van der Waals surface area contributed by atoms with Gasteiger partial charge in [-0.05, 0) is 24.3 Å². The van der Waals surface area contributed by atoms with E-state index in [2.05, 4.69) is 0 Å². The summed E-state index contributed by atoms with van der Waals surface area (Å²) in [6.07, 6.45) is 0. The molecule has 0 fully saturated rings. The van der Waals surface area contributed by atoms with E-state index in [1.165, 1.54) is 6.07 Å². The summed E-state index contributed by atoms with van der Waals surface area (Å²) in [6, 6.07) is 10.4. The Kier molecular flexibility index (Phi) is 4.83. The lowest BCUT2D eigenvalue weighted by molar-refractivity contribution is 0.256. The Labute approximate surface area is 115 Å². The number of halogens is 3. The first-order valence-corrected chi connectivity index (χ1v) is 5.19. The minimum atomic E-state index is -0.849. The van der Waals surface area contributed by atoms with Crippen molar-refractivity contribution in [3.8, 4) is 0 Å². The van der Waals surface area contributed by atoms with E-state index in [-0.39, 0.29) is 18.1 Å². The zero-order chi connectivity index (χ0) is 13.1. The molecule has 2 amide bonds. The van der Waals surface area contributed by atoms with Crippen molar-refractivity contribution in [2.45, 2.75) is 0 Å². The Balaban J connectivity index is 0.00000180. The summed E-state index contributed by atoms with van der Waals surface area (Å²) in [6.45, 7) is 0. The van der Waals surface area contributed by atoms with Crippen LogP contribution < -0.4 is 10.6 Å². The lowest BCUT2D eigenvalue weighted by atomic mass is 10.2. The predicted octanol–water partition coefficient (Wildman–Crippen LogP) is 3.60. The van der Waals surface area contributed by atoms with Gasteiger partial charge >= 0.3 is 6.03 Å².